The Morgan fingerprint density at radius 1 is 1.47 bits per heavy atom. The maximum atomic E-state index is 12.0. The van der Waals surface area contributed by atoms with Gasteiger partial charge in [-0.1, -0.05) is 13.8 Å². The topological polar surface area (TPSA) is 64.3 Å². The first-order valence-corrected chi connectivity index (χ1v) is 6.68. The average Bonchev–Trinajstić information content (AvgIpc) is 2.78. The van der Waals surface area contributed by atoms with Crippen molar-refractivity contribution in [2.45, 2.75) is 46.1 Å². The maximum Gasteiger partial charge on any atom is 0.225 e. The highest BCUT2D eigenvalue weighted by Crippen LogP contribution is 2.25. The first-order valence-electron chi connectivity index (χ1n) is 6.68. The number of hydrogen-bond donors (Lipinski definition) is 2. The summed E-state index contributed by atoms with van der Waals surface area (Å²) in [5.41, 5.74) is 5.87. The molecule has 1 fully saturated rings. The van der Waals surface area contributed by atoms with Crippen LogP contribution in [0.15, 0.2) is 0 Å². The summed E-state index contributed by atoms with van der Waals surface area (Å²) in [5.74, 6) is 0.133. The zero-order valence-electron chi connectivity index (χ0n) is 11.3. The van der Waals surface area contributed by atoms with E-state index in [2.05, 4.69) is 19.2 Å². The van der Waals surface area contributed by atoms with Crippen LogP contribution in [-0.4, -0.2) is 31.7 Å². The molecule has 0 saturated carbocycles. The minimum atomic E-state index is 0.0131. The average molecular weight is 242 g/mol. The predicted molar refractivity (Wildman–Crippen MR) is 68.6 cm³/mol. The van der Waals surface area contributed by atoms with Gasteiger partial charge in [-0.15, -0.1) is 0 Å². The summed E-state index contributed by atoms with van der Waals surface area (Å²) < 4.78 is 5.41. The van der Waals surface area contributed by atoms with Crippen molar-refractivity contribution in [2.24, 2.45) is 17.1 Å². The Labute approximate surface area is 104 Å². The Hall–Kier alpha value is -0.610. The summed E-state index contributed by atoms with van der Waals surface area (Å²) in [6.45, 7) is 8.22. The summed E-state index contributed by atoms with van der Waals surface area (Å²) in [5, 5.41) is 3.05. The van der Waals surface area contributed by atoms with E-state index in [1.54, 1.807) is 0 Å². The molecule has 1 amide bonds. The summed E-state index contributed by atoms with van der Waals surface area (Å²) in [6, 6.07) is 0. The molecule has 4 nitrogen and oxygen atoms in total. The molecule has 2 unspecified atom stereocenters. The van der Waals surface area contributed by atoms with Crippen LogP contribution in [0.5, 0.6) is 0 Å². The van der Waals surface area contributed by atoms with E-state index in [9.17, 15) is 4.79 Å². The van der Waals surface area contributed by atoms with Crippen LogP contribution < -0.4 is 11.1 Å². The van der Waals surface area contributed by atoms with Crippen LogP contribution in [0.25, 0.3) is 0 Å². The number of rotatable bonds is 6. The monoisotopic (exact) mass is 242 g/mol. The van der Waals surface area contributed by atoms with Crippen molar-refractivity contribution in [3.05, 3.63) is 0 Å². The van der Waals surface area contributed by atoms with Crippen LogP contribution in [0, 0.1) is 11.3 Å². The molecule has 0 aromatic rings. The highest BCUT2D eigenvalue weighted by atomic mass is 16.5. The lowest BCUT2D eigenvalue weighted by atomic mass is 9.82. The molecule has 0 spiro atoms. The molecule has 0 aliphatic carbocycles. The lowest BCUT2D eigenvalue weighted by Crippen LogP contribution is -2.44. The van der Waals surface area contributed by atoms with Gasteiger partial charge in [0.25, 0.3) is 0 Å². The number of ether oxygens (including phenoxy) is 1. The standard InChI is InChI=1S/C13H26N2O2/c1-4-13(5-2,8-14)9-15-12(16)11-6-7-17-10(11)3/h10-11H,4-9,14H2,1-3H3,(H,15,16). The number of nitrogens with two attached hydrogens (primary N) is 1. The molecule has 1 saturated heterocycles. The molecule has 17 heavy (non-hydrogen) atoms. The van der Waals surface area contributed by atoms with Gasteiger partial charge in [-0.25, -0.2) is 0 Å². The third-order valence-corrected chi connectivity index (χ3v) is 4.28. The number of nitrogens with one attached hydrogen (secondary N) is 1. The Morgan fingerprint density at radius 2 is 2.12 bits per heavy atom. The first-order chi connectivity index (χ1) is 8.08. The molecule has 2 atom stereocenters. The van der Waals surface area contributed by atoms with E-state index in [0.717, 1.165) is 19.3 Å². The predicted octanol–water partition coefficient (Wildman–Crippen LogP) is 1.29. The second-order valence-electron chi connectivity index (χ2n) is 5.10. The fourth-order valence-corrected chi connectivity index (χ4v) is 2.34. The minimum absolute atomic E-state index is 0.0131. The van der Waals surface area contributed by atoms with Gasteiger partial charge in [0.05, 0.1) is 12.0 Å². The van der Waals surface area contributed by atoms with E-state index in [-0.39, 0.29) is 23.3 Å². The van der Waals surface area contributed by atoms with Gasteiger partial charge in [0.2, 0.25) is 5.91 Å². The van der Waals surface area contributed by atoms with Crippen LogP contribution in [-0.2, 0) is 9.53 Å². The molecule has 0 aromatic carbocycles. The molecule has 4 heteroatoms. The Morgan fingerprint density at radius 3 is 2.53 bits per heavy atom. The van der Waals surface area contributed by atoms with Gasteiger partial charge in [0.15, 0.2) is 0 Å². The lowest BCUT2D eigenvalue weighted by Gasteiger charge is -2.31. The number of hydrogen-bond acceptors (Lipinski definition) is 3. The van der Waals surface area contributed by atoms with Crippen molar-refractivity contribution in [1.82, 2.24) is 5.32 Å². The zero-order chi connectivity index (χ0) is 12.9. The Bertz CT molecular complexity index is 244. The minimum Gasteiger partial charge on any atom is -0.378 e. The molecule has 100 valence electrons. The zero-order valence-corrected chi connectivity index (χ0v) is 11.3. The molecule has 1 rings (SSSR count). The van der Waals surface area contributed by atoms with Crippen molar-refractivity contribution in [2.75, 3.05) is 19.7 Å². The van der Waals surface area contributed by atoms with Crippen LogP contribution in [0.2, 0.25) is 0 Å². The fraction of sp³-hybridized carbons (Fsp3) is 0.923. The van der Waals surface area contributed by atoms with Gasteiger partial charge in [-0.05, 0) is 38.1 Å². The maximum absolute atomic E-state index is 12.0. The quantitative estimate of drug-likeness (QED) is 0.737. The van der Waals surface area contributed by atoms with Crippen LogP contribution >= 0.6 is 0 Å². The van der Waals surface area contributed by atoms with E-state index in [4.69, 9.17) is 10.5 Å². The molecular formula is C13H26N2O2. The molecule has 3 N–H and O–H groups in total. The third-order valence-electron chi connectivity index (χ3n) is 4.28. The summed E-state index contributed by atoms with van der Waals surface area (Å²) in [4.78, 5) is 12.0. The number of amides is 1. The normalized spacial score (nSPS) is 24.9. The van der Waals surface area contributed by atoms with Crippen LogP contribution in [0.3, 0.4) is 0 Å². The van der Waals surface area contributed by atoms with E-state index < -0.39 is 0 Å². The molecule has 1 heterocycles. The molecule has 1 aliphatic rings. The first kappa shape index (κ1) is 14.5. The molecule has 0 aromatic heterocycles. The van der Waals surface area contributed by atoms with E-state index >= 15 is 0 Å². The number of carbonyl (C=O) groups is 1. The van der Waals surface area contributed by atoms with Crippen molar-refractivity contribution < 1.29 is 9.53 Å². The van der Waals surface area contributed by atoms with Crippen LogP contribution in [0.4, 0.5) is 0 Å². The van der Waals surface area contributed by atoms with Gasteiger partial charge in [-0.3, -0.25) is 4.79 Å². The molecule has 0 bridgehead atoms. The van der Waals surface area contributed by atoms with E-state index in [1.807, 2.05) is 6.92 Å². The summed E-state index contributed by atoms with van der Waals surface area (Å²) >= 11 is 0. The fourth-order valence-electron chi connectivity index (χ4n) is 2.34. The largest absolute Gasteiger partial charge is 0.378 e. The molecular weight excluding hydrogens is 216 g/mol. The van der Waals surface area contributed by atoms with Crippen molar-refractivity contribution in [1.29, 1.82) is 0 Å². The van der Waals surface area contributed by atoms with Crippen molar-refractivity contribution >= 4 is 5.91 Å². The second-order valence-corrected chi connectivity index (χ2v) is 5.10. The Balaban J connectivity index is 2.46. The molecule has 0 radical (unpaired) electrons. The highest BCUT2D eigenvalue weighted by Gasteiger charge is 2.32. The van der Waals surface area contributed by atoms with Gasteiger partial charge >= 0.3 is 0 Å². The van der Waals surface area contributed by atoms with Crippen LogP contribution in [0.1, 0.15) is 40.0 Å². The van der Waals surface area contributed by atoms with Gasteiger partial charge < -0.3 is 15.8 Å². The van der Waals surface area contributed by atoms with Gasteiger partial charge in [0, 0.05) is 13.2 Å². The van der Waals surface area contributed by atoms with Gasteiger partial charge in [0.1, 0.15) is 0 Å². The van der Waals surface area contributed by atoms with E-state index in [0.29, 0.717) is 19.7 Å². The lowest BCUT2D eigenvalue weighted by molar-refractivity contribution is -0.126. The van der Waals surface area contributed by atoms with Gasteiger partial charge in [-0.2, -0.15) is 0 Å². The number of carbonyl (C=O) groups excluding carboxylic acids is 1. The molecule has 1 aliphatic heterocycles. The van der Waals surface area contributed by atoms with Crippen molar-refractivity contribution in [3.8, 4) is 0 Å². The summed E-state index contributed by atoms with van der Waals surface area (Å²) in [6.07, 6.45) is 2.88. The van der Waals surface area contributed by atoms with Crippen molar-refractivity contribution in [3.63, 3.8) is 0 Å². The van der Waals surface area contributed by atoms with E-state index in [1.165, 1.54) is 0 Å². The highest BCUT2D eigenvalue weighted by molar-refractivity contribution is 5.79. The summed E-state index contributed by atoms with van der Waals surface area (Å²) in [7, 11) is 0. The Kier molecular flexibility index (Phi) is 5.40. The SMILES string of the molecule is CCC(CC)(CN)CNC(=O)C1CCOC1C. The smallest absolute Gasteiger partial charge is 0.225 e. The third kappa shape index (κ3) is 3.42. The second kappa shape index (κ2) is 6.36.